The van der Waals surface area contributed by atoms with Gasteiger partial charge in [-0.1, -0.05) is 0 Å². The fraction of sp³-hybridized carbons (Fsp3) is 0.526. The predicted molar refractivity (Wildman–Crippen MR) is 101 cm³/mol. The van der Waals surface area contributed by atoms with Gasteiger partial charge in [0.2, 0.25) is 0 Å². The van der Waals surface area contributed by atoms with Crippen LogP contribution in [0.4, 0.5) is 0 Å². The quantitative estimate of drug-likeness (QED) is 0.717. The number of pyridine rings is 1. The second-order valence-electron chi connectivity index (χ2n) is 6.80. The van der Waals surface area contributed by atoms with E-state index in [0.717, 1.165) is 47.6 Å². The number of hydrogen-bond acceptors (Lipinski definition) is 4. The van der Waals surface area contributed by atoms with E-state index in [1.54, 1.807) is 0 Å². The smallest absolute Gasteiger partial charge is 0.338 e. The summed E-state index contributed by atoms with van der Waals surface area (Å²) in [6, 6.07) is 4.12. The molecule has 25 heavy (non-hydrogen) atoms. The molecule has 3 rings (SSSR count). The van der Waals surface area contributed by atoms with Crippen LogP contribution in [0, 0.1) is 6.92 Å². The summed E-state index contributed by atoms with van der Waals surface area (Å²) in [6.45, 7) is 11.2. The van der Waals surface area contributed by atoms with Gasteiger partial charge in [-0.25, -0.2) is 4.79 Å². The van der Waals surface area contributed by atoms with Crippen LogP contribution in [-0.2, 0) is 9.47 Å². The lowest BCUT2D eigenvalue weighted by atomic mass is 10.0. The number of halogens is 1. The summed E-state index contributed by atoms with van der Waals surface area (Å²) < 4.78 is 14.1. The zero-order chi connectivity index (χ0) is 18.1. The second kappa shape index (κ2) is 7.48. The van der Waals surface area contributed by atoms with Gasteiger partial charge in [0.15, 0.2) is 0 Å². The molecule has 136 valence electrons. The SMILES string of the molecule is Cc1c(C(=O)OC(C)C)cc2cc(Br)cn2c1C(C)N1CCOCC1. The maximum Gasteiger partial charge on any atom is 0.338 e. The minimum absolute atomic E-state index is 0.137. The molecule has 2 aromatic rings. The Bertz CT molecular complexity index is 779. The van der Waals surface area contributed by atoms with Crippen molar-refractivity contribution in [3.8, 4) is 0 Å². The second-order valence-corrected chi connectivity index (χ2v) is 7.72. The van der Waals surface area contributed by atoms with E-state index in [9.17, 15) is 4.79 Å². The summed E-state index contributed by atoms with van der Waals surface area (Å²) >= 11 is 3.56. The van der Waals surface area contributed by atoms with Crippen molar-refractivity contribution >= 4 is 27.4 Å². The highest BCUT2D eigenvalue weighted by Crippen LogP contribution is 2.31. The maximum absolute atomic E-state index is 12.6. The monoisotopic (exact) mass is 408 g/mol. The summed E-state index contributed by atoms with van der Waals surface area (Å²) in [5.74, 6) is -0.261. The molecule has 1 aliphatic rings. The van der Waals surface area contributed by atoms with E-state index >= 15 is 0 Å². The van der Waals surface area contributed by atoms with E-state index in [2.05, 4.69) is 38.4 Å². The highest BCUT2D eigenvalue weighted by molar-refractivity contribution is 9.10. The first-order chi connectivity index (χ1) is 11.9. The van der Waals surface area contributed by atoms with Crippen LogP contribution in [-0.4, -0.2) is 47.7 Å². The van der Waals surface area contributed by atoms with Crippen molar-refractivity contribution in [2.24, 2.45) is 0 Å². The molecule has 6 heteroatoms. The largest absolute Gasteiger partial charge is 0.459 e. The third kappa shape index (κ3) is 3.76. The first-order valence-electron chi connectivity index (χ1n) is 8.72. The summed E-state index contributed by atoms with van der Waals surface area (Å²) in [4.78, 5) is 15.0. The van der Waals surface area contributed by atoms with Crippen molar-refractivity contribution < 1.29 is 14.3 Å². The molecule has 3 heterocycles. The topological polar surface area (TPSA) is 43.2 Å². The molecule has 1 unspecified atom stereocenters. The Balaban J connectivity index is 2.11. The molecule has 0 aromatic carbocycles. The minimum atomic E-state index is -0.261. The van der Waals surface area contributed by atoms with Crippen molar-refractivity contribution in [1.29, 1.82) is 0 Å². The Morgan fingerprint density at radius 1 is 1.24 bits per heavy atom. The lowest BCUT2D eigenvalue weighted by molar-refractivity contribution is 0.0186. The Kier molecular flexibility index (Phi) is 5.51. The van der Waals surface area contributed by atoms with Crippen molar-refractivity contribution in [2.75, 3.05) is 26.3 Å². The van der Waals surface area contributed by atoms with Crippen LogP contribution in [0.2, 0.25) is 0 Å². The Hall–Kier alpha value is -1.37. The van der Waals surface area contributed by atoms with Crippen LogP contribution >= 0.6 is 15.9 Å². The van der Waals surface area contributed by atoms with E-state index in [1.165, 1.54) is 0 Å². The average Bonchev–Trinajstić information content (AvgIpc) is 2.93. The van der Waals surface area contributed by atoms with Crippen LogP contribution < -0.4 is 0 Å². The van der Waals surface area contributed by atoms with Crippen LogP contribution in [0.1, 0.15) is 48.4 Å². The third-order valence-corrected chi connectivity index (χ3v) is 5.14. The van der Waals surface area contributed by atoms with E-state index in [-0.39, 0.29) is 18.1 Å². The van der Waals surface area contributed by atoms with Gasteiger partial charge in [-0.05, 0) is 61.3 Å². The summed E-state index contributed by atoms with van der Waals surface area (Å²) in [6.07, 6.45) is 1.92. The lowest BCUT2D eigenvalue weighted by Crippen LogP contribution is -2.39. The number of carbonyl (C=O) groups is 1. The zero-order valence-corrected chi connectivity index (χ0v) is 16.8. The van der Waals surface area contributed by atoms with Crippen molar-refractivity contribution in [2.45, 2.75) is 39.8 Å². The molecule has 0 N–H and O–H groups in total. The zero-order valence-electron chi connectivity index (χ0n) is 15.2. The van der Waals surface area contributed by atoms with E-state index in [0.29, 0.717) is 5.56 Å². The molecular formula is C19H25BrN2O3. The Labute approximate surface area is 157 Å². The van der Waals surface area contributed by atoms with Crippen LogP contribution in [0.5, 0.6) is 0 Å². The van der Waals surface area contributed by atoms with Gasteiger partial charge in [-0.3, -0.25) is 4.90 Å². The molecule has 0 bridgehead atoms. The van der Waals surface area contributed by atoms with E-state index in [4.69, 9.17) is 9.47 Å². The molecule has 1 aliphatic heterocycles. The molecular weight excluding hydrogens is 384 g/mol. The maximum atomic E-state index is 12.6. The van der Waals surface area contributed by atoms with Crippen LogP contribution in [0.3, 0.4) is 0 Å². The minimum Gasteiger partial charge on any atom is -0.459 e. The molecule has 0 radical (unpaired) electrons. The summed E-state index contributed by atoms with van der Waals surface area (Å²) in [5, 5.41) is 0. The van der Waals surface area contributed by atoms with Gasteiger partial charge in [0, 0.05) is 41.0 Å². The van der Waals surface area contributed by atoms with Gasteiger partial charge >= 0.3 is 5.97 Å². The molecule has 0 amide bonds. The first kappa shape index (κ1) is 18.4. The molecule has 1 fully saturated rings. The highest BCUT2D eigenvalue weighted by atomic mass is 79.9. The van der Waals surface area contributed by atoms with Gasteiger partial charge in [0.25, 0.3) is 0 Å². The molecule has 0 spiro atoms. The van der Waals surface area contributed by atoms with Gasteiger partial charge < -0.3 is 13.9 Å². The van der Waals surface area contributed by atoms with Crippen LogP contribution in [0.15, 0.2) is 22.8 Å². The number of nitrogens with zero attached hydrogens (tertiary/aromatic N) is 2. The molecule has 1 saturated heterocycles. The molecule has 1 atom stereocenters. The standard InChI is InChI=1S/C19H25BrN2O3/c1-12(2)25-19(23)17-10-16-9-15(20)11-22(16)18(13(17)3)14(4)21-5-7-24-8-6-21/h9-12,14H,5-8H2,1-4H3. The lowest BCUT2D eigenvalue weighted by Gasteiger charge is -2.34. The van der Waals surface area contributed by atoms with Crippen molar-refractivity contribution in [3.05, 3.63) is 39.6 Å². The van der Waals surface area contributed by atoms with E-state index < -0.39 is 0 Å². The molecule has 0 aliphatic carbocycles. The Morgan fingerprint density at radius 3 is 2.56 bits per heavy atom. The molecule has 2 aromatic heterocycles. The van der Waals surface area contributed by atoms with Gasteiger partial charge in [0.05, 0.1) is 24.9 Å². The van der Waals surface area contributed by atoms with Gasteiger partial charge in [0.1, 0.15) is 0 Å². The van der Waals surface area contributed by atoms with Crippen molar-refractivity contribution in [3.63, 3.8) is 0 Å². The predicted octanol–water partition coefficient (Wildman–Crippen LogP) is 3.97. The van der Waals surface area contributed by atoms with Crippen molar-refractivity contribution in [1.82, 2.24) is 9.30 Å². The number of hydrogen-bond donors (Lipinski definition) is 0. The number of fused-ring (bicyclic) bond motifs is 1. The average molecular weight is 409 g/mol. The number of carbonyl (C=O) groups excluding carboxylic acids is 1. The first-order valence-corrected chi connectivity index (χ1v) is 9.51. The fourth-order valence-electron chi connectivity index (χ4n) is 3.48. The van der Waals surface area contributed by atoms with Gasteiger partial charge in [-0.15, -0.1) is 0 Å². The number of rotatable bonds is 4. The molecule has 5 nitrogen and oxygen atoms in total. The van der Waals surface area contributed by atoms with Gasteiger partial charge in [-0.2, -0.15) is 0 Å². The van der Waals surface area contributed by atoms with Crippen LogP contribution in [0.25, 0.3) is 5.52 Å². The fourth-order valence-corrected chi connectivity index (χ4v) is 3.92. The third-order valence-electron chi connectivity index (χ3n) is 4.71. The number of aromatic nitrogens is 1. The highest BCUT2D eigenvalue weighted by Gasteiger charge is 2.26. The number of esters is 1. The number of ether oxygens (including phenoxy) is 2. The summed E-state index contributed by atoms with van der Waals surface area (Å²) in [7, 11) is 0. The Morgan fingerprint density at radius 2 is 1.92 bits per heavy atom. The number of morpholine rings is 1. The summed E-state index contributed by atoms with van der Waals surface area (Å²) in [5.41, 5.74) is 3.73. The van der Waals surface area contributed by atoms with E-state index in [1.807, 2.05) is 32.9 Å². The molecule has 0 saturated carbocycles. The normalized spacial score (nSPS) is 17.2.